The first-order valence-electron chi connectivity index (χ1n) is 6.47. The molecule has 2 aromatic carbocycles. The maximum absolute atomic E-state index is 12.1. The van der Waals surface area contributed by atoms with Gasteiger partial charge in [0.2, 0.25) is 0 Å². The molecule has 1 amide bonds. The van der Waals surface area contributed by atoms with Gasteiger partial charge in [-0.1, -0.05) is 30.3 Å². The SMILES string of the molecule is Cc1ccccc1C(=O)NC(=S)Nc1cccc(C(=O)[O-])c1. The number of thiocarbonyl (C=S) groups is 1. The lowest BCUT2D eigenvalue weighted by Gasteiger charge is -2.12. The number of carbonyl (C=O) groups excluding carboxylic acids is 2. The minimum atomic E-state index is -1.28. The fraction of sp³-hybridized carbons (Fsp3) is 0.0625. The smallest absolute Gasteiger partial charge is 0.257 e. The number of benzene rings is 2. The van der Waals surface area contributed by atoms with Crippen molar-refractivity contribution in [3.63, 3.8) is 0 Å². The van der Waals surface area contributed by atoms with E-state index in [4.69, 9.17) is 12.2 Å². The van der Waals surface area contributed by atoms with E-state index in [1.54, 1.807) is 24.3 Å². The molecule has 6 heteroatoms. The number of amides is 1. The summed E-state index contributed by atoms with van der Waals surface area (Å²) >= 11 is 5.06. The predicted molar refractivity (Wildman–Crippen MR) is 85.6 cm³/mol. The number of carboxylic acid groups (broad SMARTS) is 1. The van der Waals surface area contributed by atoms with Crippen LogP contribution < -0.4 is 15.7 Å². The van der Waals surface area contributed by atoms with E-state index in [9.17, 15) is 14.7 Å². The Labute approximate surface area is 133 Å². The van der Waals surface area contributed by atoms with Gasteiger partial charge in [-0.25, -0.2) is 0 Å². The van der Waals surface area contributed by atoms with Gasteiger partial charge in [-0.15, -0.1) is 0 Å². The molecule has 0 aliphatic heterocycles. The highest BCUT2D eigenvalue weighted by atomic mass is 32.1. The summed E-state index contributed by atoms with van der Waals surface area (Å²) in [5.41, 5.74) is 1.84. The maximum atomic E-state index is 12.1. The predicted octanol–water partition coefficient (Wildman–Crippen LogP) is 1.49. The van der Waals surface area contributed by atoms with Crippen LogP contribution in [0.2, 0.25) is 0 Å². The number of anilines is 1. The Kier molecular flexibility index (Phi) is 4.85. The molecule has 0 unspecified atom stereocenters. The first-order valence-corrected chi connectivity index (χ1v) is 6.87. The van der Waals surface area contributed by atoms with Crippen molar-refractivity contribution >= 4 is 34.9 Å². The molecule has 2 rings (SSSR count). The molecule has 0 bridgehead atoms. The van der Waals surface area contributed by atoms with Crippen LogP contribution in [0, 0.1) is 6.92 Å². The molecule has 0 aromatic heterocycles. The highest BCUT2D eigenvalue weighted by Crippen LogP contribution is 2.10. The fourth-order valence-corrected chi connectivity index (χ4v) is 2.09. The molecule has 0 aliphatic rings. The lowest BCUT2D eigenvalue weighted by atomic mass is 10.1. The molecule has 22 heavy (non-hydrogen) atoms. The quantitative estimate of drug-likeness (QED) is 0.839. The Morgan fingerprint density at radius 2 is 1.82 bits per heavy atom. The van der Waals surface area contributed by atoms with Crippen molar-refractivity contribution in [2.24, 2.45) is 0 Å². The van der Waals surface area contributed by atoms with E-state index >= 15 is 0 Å². The van der Waals surface area contributed by atoms with Crippen LogP contribution in [-0.4, -0.2) is 17.0 Å². The van der Waals surface area contributed by atoms with Crippen LogP contribution in [0.3, 0.4) is 0 Å². The van der Waals surface area contributed by atoms with E-state index in [0.717, 1.165) is 5.56 Å². The zero-order chi connectivity index (χ0) is 16.1. The highest BCUT2D eigenvalue weighted by molar-refractivity contribution is 7.80. The molecule has 0 aliphatic carbocycles. The summed E-state index contributed by atoms with van der Waals surface area (Å²) in [5.74, 6) is -1.61. The summed E-state index contributed by atoms with van der Waals surface area (Å²) in [6.07, 6.45) is 0. The molecule has 112 valence electrons. The lowest BCUT2D eigenvalue weighted by Crippen LogP contribution is -2.34. The van der Waals surface area contributed by atoms with Crippen molar-refractivity contribution < 1.29 is 14.7 Å². The third-order valence-electron chi connectivity index (χ3n) is 2.97. The van der Waals surface area contributed by atoms with Crippen LogP contribution in [0.25, 0.3) is 0 Å². The van der Waals surface area contributed by atoms with Crippen molar-refractivity contribution in [2.75, 3.05) is 5.32 Å². The van der Waals surface area contributed by atoms with Crippen LogP contribution in [-0.2, 0) is 0 Å². The van der Waals surface area contributed by atoms with Crippen molar-refractivity contribution in [1.82, 2.24) is 5.32 Å². The van der Waals surface area contributed by atoms with Crippen LogP contribution >= 0.6 is 12.2 Å². The van der Waals surface area contributed by atoms with Crippen LogP contribution in [0.5, 0.6) is 0 Å². The van der Waals surface area contributed by atoms with E-state index in [1.807, 2.05) is 19.1 Å². The number of carbonyl (C=O) groups is 2. The Morgan fingerprint density at radius 1 is 1.09 bits per heavy atom. The Balaban J connectivity index is 2.04. The summed E-state index contributed by atoms with van der Waals surface area (Å²) in [5, 5.41) is 16.2. The zero-order valence-electron chi connectivity index (χ0n) is 11.8. The van der Waals surface area contributed by atoms with Gasteiger partial charge in [0.1, 0.15) is 0 Å². The van der Waals surface area contributed by atoms with Gasteiger partial charge in [-0.3, -0.25) is 10.1 Å². The lowest BCUT2D eigenvalue weighted by molar-refractivity contribution is -0.255. The fourth-order valence-electron chi connectivity index (χ4n) is 1.88. The number of aromatic carboxylic acids is 1. The third kappa shape index (κ3) is 3.89. The van der Waals surface area contributed by atoms with Crippen molar-refractivity contribution in [3.05, 3.63) is 65.2 Å². The van der Waals surface area contributed by atoms with Gasteiger partial charge in [0.15, 0.2) is 5.11 Å². The van der Waals surface area contributed by atoms with Crippen molar-refractivity contribution in [3.8, 4) is 0 Å². The molecule has 0 saturated carbocycles. The average molecular weight is 313 g/mol. The van der Waals surface area contributed by atoms with Crippen molar-refractivity contribution in [2.45, 2.75) is 6.92 Å². The summed E-state index contributed by atoms with van der Waals surface area (Å²) in [4.78, 5) is 22.9. The van der Waals surface area contributed by atoms with Gasteiger partial charge in [-0.05, 0) is 48.5 Å². The van der Waals surface area contributed by atoms with E-state index in [1.165, 1.54) is 12.1 Å². The van der Waals surface area contributed by atoms with Gasteiger partial charge in [0.05, 0.1) is 5.97 Å². The zero-order valence-corrected chi connectivity index (χ0v) is 12.6. The molecule has 0 fully saturated rings. The molecule has 0 heterocycles. The summed E-state index contributed by atoms with van der Waals surface area (Å²) in [6.45, 7) is 1.83. The average Bonchev–Trinajstić information content (AvgIpc) is 2.47. The minimum Gasteiger partial charge on any atom is -0.545 e. The van der Waals surface area contributed by atoms with Gasteiger partial charge >= 0.3 is 0 Å². The summed E-state index contributed by atoms with van der Waals surface area (Å²) in [7, 11) is 0. The van der Waals surface area contributed by atoms with E-state index in [-0.39, 0.29) is 16.6 Å². The van der Waals surface area contributed by atoms with Gasteiger partial charge in [-0.2, -0.15) is 0 Å². The molecular formula is C16H13N2O3S-. The molecular weight excluding hydrogens is 300 g/mol. The minimum absolute atomic E-state index is 0.0260. The second-order valence-corrected chi connectivity index (χ2v) is 5.00. The number of hydrogen-bond acceptors (Lipinski definition) is 4. The number of hydrogen-bond donors (Lipinski definition) is 2. The first kappa shape index (κ1) is 15.7. The molecule has 2 N–H and O–H groups in total. The number of rotatable bonds is 3. The summed E-state index contributed by atoms with van der Waals surface area (Å²) < 4.78 is 0. The third-order valence-corrected chi connectivity index (χ3v) is 3.18. The molecule has 2 aromatic rings. The van der Waals surface area contributed by atoms with Gasteiger partial charge in [0, 0.05) is 11.3 Å². The van der Waals surface area contributed by atoms with Crippen LogP contribution in [0.1, 0.15) is 26.3 Å². The number of nitrogens with one attached hydrogen (secondary N) is 2. The maximum Gasteiger partial charge on any atom is 0.257 e. The van der Waals surface area contributed by atoms with E-state index < -0.39 is 5.97 Å². The molecule has 0 atom stereocenters. The van der Waals surface area contributed by atoms with Crippen LogP contribution in [0.15, 0.2) is 48.5 Å². The molecule has 0 radical (unpaired) electrons. The second-order valence-electron chi connectivity index (χ2n) is 4.59. The largest absolute Gasteiger partial charge is 0.545 e. The first-order chi connectivity index (χ1) is 10.5. The normalized spacial score (nSPS) is 9.86. The molecule has 0 spiro atoms. The highest BCUT2D eigenvalue weighted by Gasteiger charge is 2.10. The van der Waals surface area contributed by atoms with Gasteiger partial charge in [0.25, 0.3) is 5.91 Å². The Morgan fingerprint density at radius 3 is 2.50 bits per heavy atom. The summed E-state index contributed by atoms with van der Waals surface area (Å²) in [6, 6.07) is 13.1. The van der Waals surface area contributed by atoms with Gasteiger partial charge < -0.3 is 15.2 Å². The molecule has 0 saturated heterocycles. The van der Waals surface area contributed by atoms with Crippen LogP contribution in [0.4, 0.5) is 5.69 Å². The monoisotopic (exact) mass is 313 g/mol. The topological polar surface area (TPSA) is 81.3 Å². The number of aryl methyl sites for hydroxylation is 1. The van der Waals surface area contributed by atoms with E-state index in [0.29, 0.717) is 11.3 Å². The Hall–Kier alpha value is -2.73. The van der Waals surface area contributed by atoms with Crippen molar-refractivity contribution in [1.29, 1.82) is 0 Å². The van der Waals surface area contributed by atoms with E-state index in [2.05, 4.69) is 10.6 Å². The Bertz CT molecular complexity index is 744. The molecule has 5 nitrogen and oxygen atoms in total. The standard InChI is InChI=1S/C16H14N2O3S/c1-10-5-2-3-8-13(10)14(19)18-16(22)17-12-7-4-6-11(9-12)15(20)21/h2-9H,1H3,(H,20,21)(H2,17,18,19,22)/p-1. The number of carboxylic acids is 1. The second kappa shape index (κ2) is 6.82.